The van der Waals surface area contributed by atoms with Crippen molar-refractivity contribution in [2.75, 3.05) is 4.90 Å². The molecule has 0 N–H and O–H groups in total. The largest absolute Gasteiger partial charge is 0.383 e. The maximum atomic E-state index is 4.28. The summed E-state index contributed by atoms with van der Waals surface area (Å²) in [6.07, 6.45) is 8.17. The Balaban J connectivity index is 1.68. The highest BCUT2D eigenvalue weighted by molar-refractivity contribution is 5.87. The van der Waals surface area contributed by atoms with Crippen molar-refractivity contribution < 1.29 is 9.13 Å². The van der Waals surface area contributed by atoms with Crippen LogP contribution in [-0.4, -0.2) is 4.98 Å². The van der Waals surface area contributed by atoms with Gasteiger partial charge in [0.15, 0.2) is 12.4 Å². The number of hydrogen-bond acceptors (Lipinski definition) is 2. The van der Waals surface area contributed by atoms with Crippen LogP contribution in [0.3, 0.4) is 0 Å². The number of rotatable bonds is 1. The summed E-state index contributed by atoms with van der Waals surface area (Å²) in [5.74, 6) is 0. The number of fused-ring (bicyclic) bond motifs is 8. The molecule has 0 saturated carbocycles. The number of pyridine rings is 3. The summed E-state index contributed by atoms with van der Waals surface area (Å²) in [6, 6.07) is 30.4. The number of anilines is 3. The van der Waals surface area contributed by atoms with Gasteiger partial charge in [0.1, 0.15) is 5.56 Å². The van der Waals surface area contributed by atoms with Crippen molar-refractivity contribution in [2.24, 2.45) is 0 Å². The monoisotopic (exact) mass is 426 g/mol. The minimum atomic E-state index is 0.0154. The summed E-state index contributed by atoms with van der Waals surface area (Å²) in [6.45, 7) is 2.23. The molecule has 5 aromatic rings. The molecule has 2 aliphatic heterocycles. The molecule has 7 rings (SSSR count). The lowest BCUT2D eigenvalue weighted by Crippen LogP contribution is -2.57. The number of aromatic nitrogens is 3. The van der Waals surface area contributed by atoms with E-state index in [1.807, 2.05) is 12.4 Å². The molecule has 4 nitrogen and oxygen atoms in total. The first-order valence-corrected chi connectivity index (χ1v) is 11.3. The molecule has 3 aromatic heterocycles. The SMILES string of the molecule is Cc1c2cccc1N(c1ccncc1)c1cccc3c1C([n+]1ccccc1-2)[n+]1ccccc1-3. The summed E-state index contributed by atoms with van der Waals surface area (Å²) in [5.41, 5.74) is 11.0. The van der Waals surface area contributed by atoms with Crippen LogP contribution >= 0.6 is 0 Å². The summed E-state index contributed by atoms with van der Waals surface area (Å²) in [4.78, 5) is 6.68. The third-order valence-electron chi connectivity index (χ3n) is 6.91. The van der Waals surface area contributed by atoms with Crippen molar-refractivity contribution in [2.45, 2.75) is 13.1 Å². The molecule has 4 heteroatoms. The minimum absolute atomic E-state index is 0.0154. The van der Waals surface area contributed by atoms with Crippen LogP contribution in [0.4, 0.5) is 17.1 Å². The van der Waals surface area contributed by atoms with Crippen LogP contribution in [0, 0.1) is 6.92 Å². The van der Waals surface area contributed by atoms with Gasteiger partial charge in [-0.1, -0.05) is 12.1 Å². The molecule has 0 saturated heterocycles. The van der Waals surface area contributed by atoms with E-state index in [0.717, 1.165) is 5.69 Å². The molecule has 2 bridgehead atoms. The van der Waals surface area contributed by atoms with Crippen molar-refractivity contribution in [3.05, 3.63) is 121 Å². The van der Waals surface area contributed by atoms with E-state index < -0.39 is 0 Å². The molecule has 156 valence electrons. The van der Waals surface area contributed by atoms with Crippen molar-refractivity contribution in [3.8, 4) is 22.5 Å². The fourth-order valence-corrected chi connectivity index (χ4v) is 5.49. The van der Waals surface area contributed by atoms with E-state index in [9.17, 15) is 0 Å². The van der Waals surface area contributed by atoms with Crippen LogP contribution in [0.15, 0.2) is 110 Å². The van der Waals surface area contributed by atoms with Crippen LogP contribution in [0.25, 0.3) is 22.5 Å². The fraction of sp³-hybridized carbons (Fsp3) is 0.0690. The van der Waals surface area contributed by atoms with E-state index >= 15 is 0 Å². The van der Waals surface area contributed by atoms with E-state index in [0.29, 0.717) is 0 Å². The Morgan fingerprint density at radius 3 is 2.03 bits per heavy atom. The average molecular weight is 427 g/mol. The van der Waals surface area contributed by atoms with E-state index in [1.165, 1.54) is 45.0 Å². The minimum Gasteiger partial charge on any atom is -0.309 e. The highest BCUT2D eigenvalue weighted by atomic mass is 15.2. The highest BCUT2D eigenvalue weighted by Crippen LogP contribution is 2.47. The molecule has 2 aromatic carbocycles. The predicted molar refractivity (Wildman–Crippen MR) is 128 cm³/mol. The number of nitrogens with zero attached hydrogens (tertiary/aromatic N) is 4. The quantitative estimate of drug-likeness (QED) is 0.324. The van der Waals surface area contributed by atoms with Gasteiger partial charge in [-0.2, -0.15) is 0 Å². The first-order chi connectivity index (χ1) is 16.3. The summed E-state index contributed by atoms with van der Waals surface area (Å²) >= 11 is 0. The van der Waals surface area contributed by atoms with Crippen LogP contribution < -0.4 is 14.0 Å². The second-order valence-electron chi connectivity index (χ2n) is 8.59. The molecular weight excluding hydrogens is 404 g/mol. The third kappa shape index (κ3) is 2.49. The first kappa shape index (κ1) is 18.3. The zero-order chi connectivity index (χ0) is 21.9. The Morgan fingerprint density at radius 2 is 1.30 bits per heavy atom. The molecule has 0 aliphatic carbocycles. The summed E-state index contributed by atoms with van der Waals surface area (Å²) in [5, 5.41) is 0. The topological polar surface area (TPSA) is 23.9 Å². The van der Waals surface area contributed by atoms with Gasteiger partial charge in [0.2, 0.25) is 11.4 Å². The first-order valence-electron chi connectivity index (χ1n) is 11.3. The highest BCUT2D eigenvalue weighted by Gasteiger charge is 2.47. The van der Waals surface area contributed by atoms with Crippen LogP contribution in [0.5, 0.6) is 0 Å². The van der Waals surface area contributed by atoms with E-state index in [4.69, 9.17) is 0 Å². The molecule has 33 heavy (non-hydrogen) atoms. The van der Waals surface area contributed by atoms with Gasteiger partial charge < -0.3 is 4.90 Å². The maximum absolute atomic E-state index is 4.28. The molecule has 2 aliphatic rings. The third-order valence-corrected chi connectivity index (χ3v) is 6.91. The zero-order valence-corrected chi connectivity index (χ0v) is 18.3. The standard InChI is InChI=1S/C29H22N4/c1-20-22-8-6-12-24(20)33(21-14-16-30-17-15-21)27-13-7-9-23-26-11-3-5-19-32(26)29(28(23)27)31-18-4-2-10-25(22)31/h2-19,29H,1H3/q+2. The molecule has 0 radical (unpaired) electrons. The van der Waals surface area contributed by atoms with Crippen LogP contribution in [-0.2, 0) is 0 Å². The van der Waals surface area contributed by atoms with E-state index in [1.54, 1.807) is 0 Å². The summed E-state index contributed by atoms with van der Waals surface area (Å²) < 4.78 is 4.81. The fourth-order valence-electron chi connectivity index (χ4n) is 5.49. The van der Waals surface area contributed by atoms with Gasteiger partial charge in [0.05, 0.1) is 16.8 Å². The molecule has 5 heterocycles. The van der Waals surface area contributed by atoms with Gasteiger partial charge in [0.25, 0.3) is 0 Å². The van der Waals surface area contributed by atoms with Gasteiger partial charge in [-0.25, -0.2) is 0 Å². The zero-order valence-electron chi connectivity index (χ0n) is 18.3. The molecule has 0 spiro atoms. The van der Waals surface area contributed by atoms with Crippen LogP contribution in [0.2, 0.25) is 0 Å². The predicted octanol–water partition coefficient (Wildman–Crippen LogP) is 5.49. The van der Waals surface area contributed by atoms with Gasteiger partial charge in [-0.3, -0.25) is 4.98 Å². The Bertz CT molecular complexity index is 1540. The van der Waals surface area contributed by atoms with Gasteiger partial charge >= 0.3 is 6.17 Å². The Morgan fingerprint density at radius 1 is 0.667 bits per heavy atom. The lowest BCUT2D eigenvalue weighted by molar-refractivity contribution is -0.920. The lowest BCUT2D eigenvalue weighted by atomic mass is 10.0. The smallest absolute Gasteiger partial charge is 0.309 e. The number of hydrogen-bond donors (Lipinski definition) is 0. The Hall–Kier alpha value is -4.31. The second-order valence-corrected chi connectivity index (χ2v) is 8.59. The molecule has 0 amide bonds. The van der Waals surface area contributed by atoms with Crippen molar-refractivity contribution in [1.82, 2.24) is 4.98 Å². The Kier molecular flexibility index (Phi) is 3.79. The van der Waals surface area contributed by atoms with Gasteiger partial charge in [-0.05, 0) is 61.0 Å². The normalized spacial score (nSPS) is 15.1. The molecule has 0 fully saturated rings. The summed E-state index contributed by atoms with van der Waals surface area (Å²) in [7, 11) is 0. The van der Waals surface area contributed by atoms with Gasteiger partial charge in [0, 0.05) is 48.0 Å². The average Bonchev–Trinajstić information content (AvgIpc) is 3.21. The Labute approximate surface area is 192 Å². The van der Waals surface area contributed by atoms with Crippen molar-refractivity contribution in [1.29, 1.82) is 0 Å². The molecule has 1 atom stereocenters. The van der Waals surface area contributed by atoms with Crippen molar-refractivity contribution >= 4 is 17.1 Å². The van der Waals surface area contributed by atoms with E-state index in [-0.39, 0.29) is 6.17 Å². The lowest BCUT2D eigenvalue weighted by Gasteiger charge is -2.28. The van der Waals surface area contributed by atoms with Crippen LogP contribution in [0.1, 0.15) is 17.3 Å². The van der Waals surface area contributed by atoms with Gasteiger partial charge in [-0.15, -0.1) is 9.13 Å². The second kappa shape index (κ2) is 6.84. The maximum Gasteiger partial charge on any atom is 0.383 e. The van der Waals surface area contributed by atoms with E-state index in [2.05, 4.69) is 123 Å². The van der Waals surface area contributed by atoms with Crippen molar-refractivity contribution in [3.63, 3.8) is 0 Å². The number of benzene rings is 2. The molecular formula is C29H22N4+2. The molecule has 1 unspecified atom stereocenters.